The summed E-state index contributed by atoms with van der Waals surface area (Å²) < 4.78 is 13.1. The summed E-state index contributed by atoms with van der Waals surface area (Å²) in [5.74, 6) is -0.440. The molecule has 0 spiro atoms. The maximum atomic E-state index is 13.1. The molecule has 1 N–H and O–H groups in total. The number of hydrogen-bond donors (Lipinski definition) is 1. The van der Waals surface area contributed by atoms with Crippen LogP contribution in [0.3, 0.4) is 0 Å². The molecule has 116 valence electrons. The summed E-state index contributed by atoms with van der Waals surface area (Å²) >= 11 is 5.98. The number of anilines is 1. The summed E-state index contributed by atoms with van der Waals surface area (Å²) in [6.45, 7) is 0.0605. The van der Waals surface area contributed by atoms with E-state index in [4.69, 9.17) is 11.6 Å². The van der Waals surface area contributed by atoms with Crippen molar-refractivity contribution >= 4 is 23.0 Å². The van der Waals surface area contributed by atoms with Gasteiger partial charge in [-0.2, -0.15) is 0 Å². The second kappa shape index (κ2) is 6.72. The lowest BCUT2D eigenvalue weighted by atomic mass is 10.1. The maximum absolute atomic E-state index is 13.1. The van der Waals surface area contributed by atoms with Gasteiger partial charge in [-0.1, -0.05) is 17.7 Å². The van der Waals surface area contributed by atoms with Gasteiger partial charge in [0.05, 0.1) is 11.5 Å². The molecule has 0 radical (unpaired) electrons. The number of aliphatic hydroxyl groups excluding tert-OH is 1. The van der Waals surface area contributed by atoms with Gasteiger partial charge < -0.3 is 10.0 Å². The van der Waals surface area contributed by atoms with E-state index in [-0.39, 0.29) is 23.9 Å². The van der Waals surface area contributed by atoms with E-state index >= 15 is 0 Å². The molecule has 0 aliphatic heterocycles. The van der Waals surface area contributed by atoms with E-state index in [1.165, 1.54) is 30.3 Å². The Bertz CT molecular complexity index is 709. The highest BCUT2D eigenvalue weighted by molar-refractivity contribution is 6.31. The molecule has 0 saturated carbocycles. The fourth-order valence-corrected chi connectivity index (χ4v) is 2.35. The Morgan fingerprint density at radius 3 is 2.64 bits per heavy atom. The number of nitro groups is 1. The Balaban J connectivity index is 2.35. The van der Waals surface area contributed by atoms with Crippen LogP contribution in [0.1, 0.15) is 11.1 Å². The molecule has 0 unspecified atom stereocenters. The minimum Gasteiger partial charge on any atom is -0.392 e. The molecule has 0 aliphatic carbocycles. The second-order valence-electron chi connectivity index (χ2n) is 4.83. The fourth-order valence-electron chi connectivity index (χ4n) is 2.12. The first kappa shape index (κ1) is 16.2. The molecule has 22 heavy (non-hydrogen) atoms. The third-order valence-electron chi connectivity index (χ3n) is 3.25. The summed E-state index contributed by atoms with van der Waals surface area (Å²) in [6, 6.07) is 8.42. The van der Waals surface area contributed by atoms with E-state index in [1.807, 2.05) is 0 Å². The van der Waals surface area contributed by atoms with Crippen molar-refractivity contribution in [3.05, 3.63) is 68.5 Å². The molecule has 0 aliphatic rings. The zero-order valence-corrected chi connectivity index (χ0v) is 12.5. The lowest BCUT2D eigenvalue weighted by Gasteiger charge is -2.20. The van der Waals surface area contributed by atoms with Crippen LogP contribution < -0.4 is 4.90 Å². The van der Waals surface area contributed by atoms with Gasteiger partial charge in [-0.3, -0.25) is 10.1 Å². The number of halogens is 2. The van der Waals surface area contributed by atoms with Crippen molar-refractivity contribution in [1.82, 2.24) is 0 Å². The van der Waals surface area contributed by atoms with E-state index in [1.54, 1.807) is 18.0 Å². The number of rotatable bonds is 5. The van der Waals surface area contributed by atoms with Crippen molar-refractivity contribution in [2.24, 2.45) is 0 Å². The molecule has 0 fully saturated rings. The SMILES string of the molecule is CN(Cc1ccc(F)cc1Cl)c1cc(CO)ccc1[N+](=O)[O-]. The van der Waals surface area contributed by atoms with Crippen LogP contribution in [-0.4, -0.2) is 17.1 Å². The first-order valence-corrected chi connectivity index (χ1v) is 6.83. The summed E-state index contributed by atoms with van der Waals surface area (Å²) in [5, 5.41) is 20.6. The third kappa shape index (κ3) is 3.52. The predicted octanol–water partition coefficient (Wildman–Crippen LogP) is 3.52. The minimum atomic E-state index is -0.487. The molecular formula is C15H14ClFN2O3. The van der Waals surface area contributed by atoms with Gasteiger partial charge in [-0.05, 0) is 35.4 Å². The molecule has 2 aromatic rings. The van der Waals surface area contributed by atoms with E-state index in [9.17, 15) is 19.6 Å². The normalized spacial score (nSPS) is 10.5. The van der Waals surface area contributed by atoms with Crippen LogP contribution in [-0.2, 0) is 13.2 Å². The highest BCUT2D eigenvalue weighted by atomic mass is 35.5. The van der Waals surface area contributed by atoms with Crippen LogP contribution in [0, 0.1) is 15.9 Å². The van der Waals surface area contributed by atoms with E-state index in [2.05, 4.69) is 0 Å². The van der Waals surface area contributed by atoms with Gasteiger partial charge in [0, 0.05) is 24.7 Å². The molecule has 0 amide bonds. The van der Waals surface area contributed by atoms with E-state index in [0.29, 0.717) is 16.8 Å². The van der Waals surface area contributed by atoms with Crippen LogP contribution in [0.2, 0.25) is 5.02 Å². The quantitative estimate of drug-likeness (QED) is 0.675. The van der Waals surface area contributed by atoms with Gasteiger partial charge in [-0.15, -0.1) is 0 Å². The van der Waals surface area contributed by atoms with Crippen LogP contribution in [0.25, 0.3) is 0 Å². The Kier molecular flexibility index (Phi) is 4.95. The number of hydrogen-bond acceptors (Lipinski definition) is 4. The van der Waals surface area contributed by atoms with Crippen molar-refractivity contribution in [2.75, 3.05) is 11.9 Å². The Morgan fingerprint density at radius 2 is 2.05 bits per heavy atom. The van der Waals surface area contributed by atoms with Gasteiger partial charge in [0.15, 0.2) is 0 Å². The predicted molar refractivity (Wildman–Crippen MR) is 82.5 cm³/mol. The molecule has 5 nitrogen and oxygen atoms in total. The molecule has 0 atom stereocenters. The number of nitrogens with zero attached hydrogens (tertiary/aromatic N) is 2. The molecule has 0 aromatic heterocycles. The lowest BCUT2D eigenvalue weighted by Crippen LogP contribution is -2.18. The Hall–Kier alpha value is -2.18. The average Bonchev–Trinajstić information content (AvgIpc) is 2.49. The fraction of sp³-hybridized carbons (Fsp3) is 0.200. The van der Waals surface area contributed by atoms with Crippen LogP contribution >= 0.6 is 11.6 Å². The molecular weight excluding hydrogens is 311 g/mol. The maximum Gasteiger partial charge on any atom is 0.292 e. The smallest absolute Gasteiger partial charge is 0.292 e. The summed E-state index contributed by atoms with van der Waals surface area (Å²) in [4.78, 5) is 12.3. The topological polar surface area (TPSA) is 66.6 Å². The number of aliphatic hydroxyl groups is 1. The van der Waals surface area contributed by atoms with E-state index in [0.717, 1.165) is 0 Å². The van der Waals surface area contributed by atoms with Gasteiger partial charge in [-0.25, -0.2) is 4.39 Å². The highest BCUT2D eigenvalue weighted by Gasteiger charge is 2.18. The number of benzene rings is 2. The average molecular weight is 325 g/mol. The van der Waals surface area contributed by atoms with Crippen LogP contribution in [0.15, 0.2) is 36.4 Å². The minimum absolute atomic E-state index is 0.0714. The van der Waals surface area contributed by atoms with Gasteiger partial charge in [0.25, 0.3) is 5.69 Å². The Morgan fingerprint density at radius 1 is 1.32 bits per heavy atom. The molecule has 0 heterocycles. The van der Waals surface area contributed by atoms with Crippen LogP contribution in [0.5, 0.6) is 0 Å². The van der Waals surface area contributed by atoms with Crippen molar-refractivity contribution in [3.63, 3.8) is 0 Å². The van der Waals surface area contributed by atoms with Crippen molar-refractivity contribution in [1.29, 1.82) is 0 Å². The Labute approximate surface area is 131 Å². The second-order valence-corrected chi connectivity index (χ2v) is 5.24. The summed E-state index contributed by atoms with van der Waals surface area (Å²) in [5.41, 5.74) is 1.50. The zero-order valence-electron chi connectivity index (χ0n) is 11.8. The van der Waals surface area contributed by atoms with Crippen LogP contribution in [0.4, 0.5) is 15.8 Å². The third-order valence-corrected chi connectivity index (χ3v) is 3.60. The van der Waals surface area contributed by atoms with Crippen molar-refractivity contribution < 1.29 is 14.4 Å². The zero-order chi connectivity index (χ0) is 16.3. The largest absolute Gasteiger partial charge is 0.392 e. The lowest BCUT2D eigenvalue weighted by molar-refractivity contribution is -0.384. The molecule has 7 heteroatoms. The number of nitro benzene ring substituents is 1. The van der Waals surface area contributed by atoms with Gasteiger partial charge in [0.1, 0.15) is 11.5 Å². The molecule has 2 aromatic carbocycles. The first-order valence-electron chi connectivity index (χ1n) is 6.45. The first-order chi connectivity index (χ1) is 10.4. The van der Waals surface area contributed by atoms with E-state index < -0.39 is 10.7 Å². The van der Waals surface area contributed by atoms with Crippen molar-refractivity contribution in [3.8, 4) is 0 Å². The van der Waals surface area contributed by atoms with Gasteiger partial charge in [0.2, 0.25) is 0 Å². The summed E-state index contributed by atoms with van der Waals surface area (Å²) in [6.07, 6.45) is 0. The summed E-state index contributed by atoms with van der Waals surface area (Å²) in [7, 11) is 1.67. The standard InChI is InChI=1S/C15H14ClFN2O3/c1-18(8-11-3-4-12(17)7-13(11)16)15-6-10(9-20)2-5-14(15)19(21)22/h2-7,20H,8-9H2,1H3. The molecule has 2 rings (SSSR count). The van der Waals surface area contributed by atoms with Crippen molar-refractivity contribution in [2.45, 2.75) is 13.2 Å². The van der Waals surface area contributed by atoms with Gasteiger partial charge >= 0.3 is 0 Å². The molecule has 0 bridgehead atoms. The molecule has 0 saturated heterocycles. The highest BCUT2D eigenvalue weighted by Crippen LogP contribution is 2.30. The monoisotopic (exact) mass is 324 g/mol.